The van der Waals surface area contributed by atoms with Crippen molar-refractivity contribution in [3.63, 3.8) is 0 Å². The molecule has 4 nitrogen and oxygen atoms in total. The highest BCUT2D eigenvalue weighted by Gasteiger charge is 2.39. The molecule has 0 heterocycles. The molecule has 1 N–H and O–H groups in total. The van der Waals surface area contributed by atoms with Gasteiger partial charge in [-0.05, 0) is 54.4 Å². The zero-order valence-electron chi connectivity index (χ0n) is 18.8. The van der Waals surface area contributed by atoms with Gasteiger partial charge in [-0.2, -0.15) is 0 Å². The molecule has 0 aliphatic carbocycles. The molecule has 0 bridgehead atoms. The molecule has 7 heteroatoms. The Labute approximate surface area is 201 Å². The minimum Gasteiger partial charge on any atom is -0.378 e. The van der Waals surface area contributed by atoms with E-state index in [1.807, 2.05) is 93.5 Å². The summed E-state index contributed by atoms with van der Waals surface area (Å²) < 4.78 is 21.0. The van der Waals surface area contributed by atoms with Crippen molar-refractivity contribution in [2.45, 2.75) is 19.6 Å². The third-order valence-electron chi connectivity index (χ3n) is 5.00. The average molecular weight is 491 g/mol. The first-order valence-corrected chi connectivity index (χ1v) is 12.9. The van der Waals surface area contributed by atoms with E-state index in [-0.39, 0.29) is 5.92 Å². The standard InChI is InChI=1S/C25H29Cl2N2O2P/c1-18(2)17-31-32(30,22-13-11-21(12-14-22)29(3)4)25(28-20-8-6-5-7-9-20)23-15-10-19(26)16-24(23)27/h5-16,18,25,28H,17H2,1-4H3/t25-,32-/m1/s1. The second-order valence-electron chi connectivity index (χ2n) is 8.28. The SMILES string of the molecule is CC(C)CO[P@](=O)(c1ccc(N(C)C)cc1)[C@@H](Nc1ccccc1)c1ccc(Cl)cc1Cl. The summed E-state index contributed by atoms with van der Waals surface area (Å²) in [6.07, 6.45) is 0. The maximum absolute atomic E-state index is 14.8. The Morgan fingerprint density at radius 2 is 1.62 bits per heavy atom. The van der Waals surface area contributed by atoms with Crippen LogP contribution in [0.1, 0.15) is 25.2 Å². The highest BCUT2D eigenvalue weighted by Crippen LogP contribution is 2.60. The van der Waals surface area contributed by atoms with Gasteiger partial charge in [-0.1, -0.05) is 61.3 Å². The Balaban J connectivity index is 2.16. The van der Waals surface area contributed by atoms with Crippen LogP contribution >= 0.6 is 30.6 Å². The first kappa shape index (κ1) is 24.7. The molecule has 0 aliphatic rings. The number of hydrogen-bond acceptors (Lipinski definition) is 4. The fraction of sp³-hybridized carbons (Fsp3) is 0.280. The van der Waals surface area contributed by atoms with Crippen molar-refractivity contribution in [1.29, 1.82) is 0 Å². The summed E-state index contributed by atoms with van der Waals surface area (Å²) in [5.41, 5.74) is 2.51. The summed E-state index contributed by atoms with van der Waals surface area (Å²) in [6, 6.07) is 22.5. The van der Waals surface area contributed by atoms with Crippen LogP contribution in [-0.2, 0) is 9.09 Å². The minimum absolute atomic E-state index is 0.211. The van der Waals surface area contributed by atoms with Crippen LogP contribution in [-0.4, -0.2) is 20.7 Å². The highest BCUT2D eigenvalue weighted by molar-refractivity contribution is 7.67. The van der Waals surface area contributed by atoms with Crippen molar-refractivity contribution in [2.24, 2.45) is 5.92 Å². The van der Waals surface area contributed by atoms with Crippen molar-refractivity contribution < 1.29 is 9.09 Å². The lowest BCUT2D eigenvalue weighted by atomic mass is 10.2. The van der Waals surface area contributed by atoms with Gasteiger partial charge >= 0.3 is 0 Å². The fourth-order valence-corrected chi connectivity index (χ4v) is 6.46. The van der Waals surface area contributed by atoms with E-state index in [1.165, 1.54) is 0 Å². The molecule has 0 amide bonds. The predicted octanol–water partition coefficient (Wildman–Crippen LogP) is 7.45. The van der Waals surface area contributed by atoms with E-state index in [4.69, 9.17) is 27.7 Å². The topological polar surface area (TPSA) is 41.6 Å². The van der Waals surface area contributed by atoms with Crippen LogP contribution in [0.5, 0.6) is 0 Å². The summed E-state index contributed by atoms with van der Waals surface area (Å²) in [6.45, 7) is 4.42. The molecule has 0 saturated heterocycles. The Bertz CT molecular complexity index is 1070. The van der Waals surface area contributed by atoms with E-state index in [1.54, 1.807) is 12.1 Å². The van der Waals surface area contributed by atoms with Gasteiger partial charge in [0.05, 0.1) is 6.61 Å². The molecule has 3 aromatic carbocycles. The van der Waals surface area contributed by atoms with Gasteiger partial charge in [-0.3, -0.25) is 4.57 Å². The summed E-state index contributed by atoms with van der Waals surface area (Å²) >= 11 is 12.8. The summed E-state index contributed by atoms with van der Waals surface area (Å²) in [7, 11) is 0.466. The maximum Gasteiger partial charge on any atom is 0.258 e. The van der Waals surface area contributed by atoms with E-state index in [0.717, 1.165) is 11.4 Å². The number of halogens is 2. The Kier molecular flexibility index (Phi) is 8.30. The van der Waals surface area contributed by atoms with Gasteiger partial charge in [0.2, 0.25) is 0 Å². The van der Waals surface area contributed by atoms with Gasteiger partial charge < -0.3 is 14.7 Å². The molecule has 0 fully saturated rings. The molecular formula is C25H29Cl2N2O2P. The van der Waals surface area contributed by atoms with Gasteiger partial charge in [0.15, 0.2) is 0 Å². The number of para-hydroxylation sites is 1. The molecule has 32 heavy (non-hydrogen) atoms. The second kappa shape index (κ2) is 10.8. The molecule has 0 aliphatic heterocycles. The molecule has 0 unspecified atom stereocenters. The third kappa shape index (κ3) is 5.88. The number of nitrogens with zero attached hydrogens (tertiary/aromatic N) is 1. The van der Waals surface area contributed by atoms with Crippen LogP contribution in [0.2, 0.25) is 10.0 Å². The van der Waals surface area contributed by atoms with Crippen molar-refractivity contribution in [2.75, 3.05) is 30.9 Å². The summed E-state index contributed by atoms with van der Waals surface area (Å²) in [5, 5.41) is 5.01. The largest absolute Gasteiger partial charge is 0.378 e. The first-order chi connectivity index (χ1) is 15.2. The minimum atomic E-state index is -3.47. The van der Waals surface area contributed by atoms with E-state index >= 15 is 0 Å². The smallest absolute Gasteiger partial charge is 0.258 e. The quantitative estimate of drug-likeness (QED) is 0.316. The van der Waals surface area contributed by atoms with Gasteiger partial charge in [0.25, 0.3) is 7.37 Å². The second-order valence-corrected chi connectivity index (χ2v) is 11.6. The average Bonchev–Trinajstić information content (AvgIpc) is 2.77. The number of benzene rings is 3. The van der Waals surface area contributed by atoms with Crippen LogP contribution in [0, 0.1) is 5.92 Å². The van der Waals surface area contributed by atoms with Crippen molar-refractivity contribution >= 4 is 47.3 Å². The van der Waals surface area contributed by atoms with E-state index in [2.05, 4.69) is 5.32 Å². The number of rotatable bonds is 9. The van der Waals surface area contributed by atoms with Gasteiger partial charge in [-0.25, -0.2) is 0 Å². The lowest BCUT2D eigenvalue weighted by Gasteiger charge is -2.31. The zero-order chi connectivity index (χ0) is 23.3. The predicted molar refractivity (Wildman–Crippen MR) is 138 cm³/mol. The zero-order valence-corrected chi connectivity index (χ0v) is 21.2. The molecule has 3 aromatic rings. The monoisotopic (exact) mass is 490 g/mol. The highest BCUT2D eigenvalue weighted by atomic mass is 35.5. The van der Waals surface area contributed by atoms with Crippen molar-refractivity contribution in [3.8, 4) is 0 Å². The maximum atomic E-state index is 14.8. The molecule has 0 spiro atoms. The molecule has 170 valence electrons. The van der Waals surface area contributed by atoms with E-state index in [9.17, 15) is 4.57 Å². The lowest BCUT2D eigenvalue weighted by Crippen LogP contribution is -2.22. The Hall–Kier alpha value is -1.97. The lowest BCUT2D eigenvalue weighted by molar-refractivity contribution is 0.272. The van der Waals surface area contributed by atoms with Gasteiger partial charge in [0.1, 0.15) is 5.78 Å². The fourth-order valence-electron chi connectivity index (χ4n) is 3.28. The van der Waals surface area contributed by atoms with Crippen LogP contribution in [0.15, 0.2) is 72.8 Å². The van der Waals surface area contributed by atoms with E-state index in [0.29, 0.717) is 27.5 Å². The number of hydrogen-bond donors (Lipinski definition) is 1. The van der Waals surface area contributed by atoms with Gasteiger partial charge in [-0.15, -0.1) is 0 Å². The van der Waals surface area contributed by atoms with Crippen LogP contribution < -0.4 is 15.5 Å². The number of anilines is 2. The molecular weight excluding hydrogens is 462 g/mol. The van der Waals surface area contributed by atoms with Crippen LogP contribution in [0.4, 0.5) is 11.4 Å². The van der Waals surface area contributed by atoms with Gasteiger partial charge in [0, 0.05) is 46.4 Å². The first-order valence-electron chi connectivity index (χ1n) is 10.5. The molecule has 0 radical (unpaired) electrons. The summed E-state index contributed by atoms with van der Waals surface area (Å²) in [5.74, 6) is -0.485. The van der Waals surface area contributed by atoms with Crippen LogP contribution in [0.25, 0.3) is 0 Å². The van der Waals surface area contributed by atoms with Crippen LogP contribution in [0.3, 0.4) is 0 Å². The number of nitrogens with one attached hydrogen (secondary N) is 1. The molecule has 2 atom stereocenters. The van der Waals surface area contributed by atoms with Crippen molar-refractivity contribution in [3.05, 3.63) is 88.4 Å². The van der Waals surface area contributed by atoms with Crippen molar-refractivity contribution in [1.82, 2.24) is 0 Å². The molecule has 0 aromatic heterocycles. The Morgan fingerprint density at radius 3 is 2.19 bits per heavy atom. The normalized spacial score (nSPS) is 14.1. The third-order valence-corrected chi connectivity index (χ3v) is 8.20. The molecule has 3 rings (SSSR count). The van der Waals surface area contributed by atoms with E-state index < -0.39 is 13.2 Å². The Morgan fingerprint density at radius 1 is 0.969 bits per heavy atom. The summed E-state index contributed by atoms with van der Waals surface area (Å²) in [4.78, 5) is 2.00. The molecule has 0 saturated carbocycles.